The fourth-order valence-electron chi connectivity index (χ4n) is 1.43. The number of carbonyl (C=O) groups is 1. The molecule has 90 valence electrons. The quantitative estimate of drug-likeness (QED) is 0.760. The first kappa shape index (κ1) is 11.4. The molecule has 17 heavy (non-hydrogen) atoms. The lowest BCUT2D eigenvalue weighted by molar-refractivity contribution is 0.0516. The van der Waals surface area contributed by atoms with Gasteiger partial charge in [-0.3, -0.25) is 0 Å². The Morgan fingerprint density at radius 3 is 2.71 bits per heavy atom. The van der Waals surface area contributed by atoms with Gasteiger partial charge < -0.3 is 9.84 Å². The van der Waals surface area contributed by atoms with Gasteiger partial charge in [0.2, 0.25) is 0 Å². The summed E-state index contributed by atoms with van der Waals surface area (Å²) in [7, 11) is 0. The van der Waals surface area contributed by atoms with Crippen LogP contribution >= 0.6 is 0 Å². The summed E-state index contributed by atoms with van der Waals surface area (Å²) in [6.07, 6.45) is 0.895. The molecule has 0 saturated carbocycles. The number of hydrogen-bond acceptors (Lipinski definition) is 4. The summed E-state index contributed by atoms with van der Waals surface area (Å²) in [4.78, 5) is 11.7. The number of nitrogens with zero attached hydrogens (tertiary/aromatic N) is 2. The van der Waals surface area contributed by atoms with E-state index in [2.05, 4.69) is 5.10 Å². The lowest BCUT2D eigenvalue weighted by Gasteiger charge is -2.18. The zero-order valence-corrected chi connectivity index (χ0v) is 9.97. The third-order valence-corrected chi connectivity index (χ3v) is 2.11. The van der Waals surface area contributed by atoms with E-state index in [0.717, 1.165) is 4.68 Å². The largest absolute Gasteiger partial charge is 0.507 e. The number of phenols is 1. The normalized spacial score (nSPS) is 11.7. The van der Waals surface area contributed by atoms with Gasteiger partial charge in [-0.1, -0.05) is 6.07 Å². The van der Waals surface area contributed by atoms with Crippen LogP contribution in [0, 0.1) is 0 Å². The van der Waals surface area contributed by atoms with E-state index in [9.17, 15) is 9.90 Å². The third kappa shape index (κ3) is 2.38. The molecule has 0 atom stereocenters. The molecule has 5 heteroatoms. The highest BCUT2D eigenvalue weighted by Gasteiger charge is 2.19. The molecule has 1 aromatic heterocycles. The predicted molar refractivity (Wildman–Crippen MR) is 63.0 cm³/mol. The van der Waals surface area contributed by atoms with Crippen LogP contribution in [0.5, 0.6) is 5.75 Å². The molecule has 0 spiro atoms. The zero-order valence-electron chi connectivity index (χ0n) is 9.97. The SMILES string of the molecule is CC(C)(C)OC(=O)n1cc2c(O)cccc2n1. The number of carbonyl (C=O) groups excluding carboxylic acids is 1. The van der Waals surface area contributed by atoms with Crippen molar-refractivity contribution >= 4 is 17.0 Å². The van der Waals surface area contributed by atoms with E-state index >= 15 is 0 Å². The molecule has 0 radical (unpaired) electrons. The topological polar surface area (TPSA) is 64.3 Å². The first-order chi connectivity index (χ1) is 7.87. The van der Waals surface area contributed by atoms with E-state index < -0.39 is 11.7 Å². The average Bonchev–Trinajstić information content (AvgIpc) is 2.60. The van der Waals surface area contributed by atoms with Crippen molar-refractivity contribution in [2.24, 2.45) is 0 Å². The third-order valence-electron chi connectivity index (χ3n) is 2.11. The molecule has 0 aliphatic rings. The van der Waals surface area contributed by atoms with Crippen molar-refractivity contribution < 1.29 is 14.6 Å². The molecule has 0 saturated heterocycles. The minimum Gasteiger partial charge on any atom is -0.507 e. The predicted octanol–water partition coefficient (Wildman–Crippen LogP) is 2.53. The summed E-state index contributed by atoms with van der Waals surface area (Å²) in [5, 5.41) is 14.2. The maximum atomic E-state index is 11.7. The fourth-order valence-corrected chi connectivity index (χ4v) is 1.43. The second-order valence-electron chi connectivity index (χ2n) is 4.76. The molecule has 0 unspecified atom stereocenters. The summed E-state index contributed by atoms with van der Waals surface area (Å²) >= 11 is 0. The summed E-state index contributed by atoms with van der Waals surface area (Å²) in [5.41, 5.74) is -0.0204. The van der Waals surface area contributed by atoms with E-state index in [1.807, 2.05) is 0 Å². The second-order valence-corrected chi connectivity index (χ2v) is 4.76. The van der Waals surface area contributed by atoms with Gasteiger partial charge in [-0.25, -0.2) is 4.79 Å². The van der Waals surface area contributed by atoms with Gasteiger partial charge in [0.25, 0.3) is 0 Å². The Bertz CT molecular complexity index is 567. The lowest BCUT2D eigenvalue weighted by Crippen LogP contribution is -2.27. The number of phenolic OH excluding ortho intramolecular Hbond substituents is 1. The van der Waals surface area contributed by atoms with Gasteiger partial charge in [0.05, 0.1) is 10.9 Å². The van der Waals surface area contributed by atoms with Gasteiger partial charge in [0.1, 0.15) is 11.4 Å². The fraction of sp³-hybridized carbons (Fsp3) is 0.333. The van der Waals surface area contributed by atoms with Crippen LogP contribution in [0.15, 0.2) is 24.4 Å². The zero-order chi connectivity index (χ0) is 12.6. The number of hydrogen-bond donors (Lipinski definition) is 1. The van der Waals surface area contributed by atoms with E-state index in [1.165, 1.54) is 6.20 Å². The van der Waals surface area contributed by atoms with E-state index in [4.69, 9.17) is 4.74 Å². The van der Waals surface area contributed by atoms with Crippen LogP contribution in [0.2, 0.25) is 0 Å². The number of fused-ring (bicyclic) bond motifs is 1. The van der Waals surface area contributed by atoms with E-state index in [1.54, 1.807) is 39.0 Å². The highest BCUT2D eigenvalue weighted by Crippen LogP contribution is 2.23. The number of benzene rings is 1. The molecule has 2 aromatic rings. The highest BCUT2D eigenvalue weighted by molar-refractivity contribution is 5.87. The van der Waals surface area contributed by atoms with Crippen molar-refractivity contribution in [2.45, 2.75) is 26.4 Å². The van der Waals surface area contributed by atoms with E-state index in [-0.39, 0.29) is 5.75 Å². The van der Waals surface area contributed by atoms with Crippen LogP contribution in [0.4, 0.5) is 4.79 Å². The number of ether oxygens (including phenoxy) is 1. The smallest absolute Gasteiger partial charge is 0.435 e. The summed E-state index contributed by atoms with van der Waals surface area (Å²) in [6, 6.07) is 4.93. The number of aromatic nitrogens is 2. The van der Waals surface area contributed by atoms with Crippen molar-refractivity contribution in [1.29, 1.82) is 0 Å². The Morgan fingerprint density at radius 2 is 2.12 bits per heavy atom. The number of rotatable bonds is 0. The first-order valence-electron chi connectivity index (χ1n) is 5.27. The Kier molecular flexibility index (Phi) is 2.53. The minimum atomic E-state index is -0.572. The van der Waals surface area contributed by atoms with Gasteiger partial charge in [-0.15, -0.1) is 0 Å². The standard InChI is InChI=1S/C12H14N2O3/c1-12(2,3)17-11(16)14-7-8-9(13-14)5-4-6-10(8)15/h4-7,15H,1-3H3. The highest BCUT2D eigenvalue weighted by atomic mass is 16.6. The molecule has 0 aliphatic heterocycles. The van der Waals surface area contributed by atoms with Gasteiger partial charge in [-0.2, -0.15) is 9.78 Å². The molecular formula is C12H14N2O3. The molecule has 1 aromatic carbocycles. The summed E-state index contributed by atoms with van der Waals surface area (Å²) in [6.45, 7) is 5.35. The molecule has 1 heterocycles. The van der Waals surface area contributed by atoms with E-state index in [0.29, 0.717) is 10.9 Å². The summed E-state index contributed by atoms with van der Waals surface area (Å²) < 4.78 is 6.27. The molecule has 0 aliphatic carbocycles. The molecule has 5 nitrogen and oxygen atoms in total. The number of aromatic hydroxyl groups is 1. The van der Waals surface area contributed by atoms with Crippen LogP contribution in [0.25, 0.3) is 10.9 Å². The average molecular weight is 234 g/mol. The second kappa shape index (κ2) is 3.76. The molecule has 0 amide bonds. The van der Waals surface area contributed by atoms with Gasteiger partial charge in [0.15, 0.2) is 0 Å². The molecule has 1 N–H and O–H groups in total. The van der Waals surface area contributed by atoms with Crippen LogP contribution in [0.3, 0.4) is 0 Å². The van der Waals surface area contributed by atoms with Crippen molar-refractivity contribution in [1.82, 2.24) is 9.78 Å². The maximum absolute atomic E-state index is 11.7. The molecule has 0 bridgehead atoms. The van der Waals surface area contributed by atoms with Crippen LogP contribution in [-0.4, -0.2) is 26.6 Å². The van der Waals surface area contributed by atoms with Crippen molar-refractivity contribution in [3.8, 4) is 5.75 Å². The Morgan fingerprint density at radius 1 is 1.41 bits per heavy atom. The van der Waals surface area contributed by atoms with Crippen molar-refractivity contribution in [3.05, 3.63) is 24.4 Å². The van der Waals surface area contributed by atoms with Crippen LogP contribution < -0.4 is 0 Å². The first-order valence-corrected chi connectivity index (χ1v) is 5.27. The molecule has 2 rings (SSSR count). The van der Waals surface area contributed by atoms with Gasteiger partial charge in [-0.05, 0) is 32.9 Å². The molecular weight excluding hydrogens is 220 g/mol. The van der Waals surface area contributed by atoms with Crippen molar-refractivity contribution in [2.75, 3.05) is 0 Å². The lowest BCUT2D eigenvalue weighted by atomic mass is 10.2. The Labute approximate surface area is 98.6 Å². The Balaban J connectivity index is 2.37. The monoisotopic (exact) mass is 234 g/mol. The maximum Gasteiger partial charge on any atom is 0.435 e. The molecule has 0 fully saturated rings. The Hall–Kier alpha value is -2.04. The van der Waals surface area contributed by atoms with Crippen molar-refractivity contribution in [3.63, 3.8) is 0 Å². The minimum absolute atomic E-state index is 0.0947. The van der Waals surface area contributed by atoms with Crippen LogP contribution in [-0.2, 0) is 4.74 Å². The summed E-state index contributed by atoms with van der Waals surface area (Å²) in [5.74, 6) is 0.0947. The van der Waals surface area contributed by atoms with Gasteiger partial charge in [0, 0.05) is 6.20 Å². The van der Waals surface area contributed by atoms with Gasteiger partial charge >= 0.3 is 6.09 Å². The van der Waals surface area contributed by atoms with Crippen LogP contribution in [0.1, 0.15) is 20.8 Å².